The zero-order chi connectivity index (χ0) is 60.2. The molecule has 16 heteroatoms. The van der Waals surface area contributed by atoms with Crippen LogP contribution in [0.25, 0.3) is 42.0 Å². The van der Waals surface area contributed by atoms with Crippen molar-refractivity contribution in [3.8, 4) is 23.3 Å². The summed E-state index contributed by atoms with van der Waals surface area (Å²) in [6, 6.07) is 37.3. The van der Waals surface area contributed by atoms with Crippen molar-refractivity contribution in [3.63, 3.8) is 0 Å². The highest BCUT2D eigenvalue weighted by Crippen LogP contribution is 2.33. The minimum absolute atomic E-state index is 0.146. The lowest BCUT2D eigenvalue weighted by atomic mass is 10.0. The molecule has 2 aliphatic rings. The van der Waals surface area contributed by atoms with Crippen molar-refractivity contribution >= 4 is 88.0 Å². The Hall–Kier alpha value is -6.72. The minimum Gasteiger partial charge on any atom is -0.494 e. The van der Waals surface area contributed by atoms with E-state index in [1.807, 2.05) is 71.2 Å². The van der Waals surface area contributed by atoms with Crippen LogP contribution in [-0.4, -0.2) is 124 Å². The van der Waals surface area contributed by atoms with Crippen LogP contribution in [0.4, 0.5) is 11.4 Å². The molecule has 0 N–H and O–H groups in total. The number of nitrogens with zero attached hydrogens (tertiary/aromatic N) is 6. The number of unbranched alkanes of at least 4 members (excludes halogenated alkanes) is 17. The van der Waals surface area contributed by atoms with E-state index in [0.717, 1.165) is 163 Å². The number of hydrogen-bond donors (Lipinski definition) is 0. The van der Waals surface area contributed by atoms with E-state index in [2.05, 4.69) is 88.9 Å². The fourth-order valence-electron chi connectivity index (χ4n) is 12.2. The smallest absolute Gasteiger partial charge is 0.308 e. The quantitative estimate of drug-likeness (QED) is 0.0206. The molecule has 8 aromatic rings. The van der Waals surface area contributed by atoms with Crippen LogP contribution < -0.4 is 28.7 Å². The van der Waals surface area contributed by atoms with Crippen molar-refractivity contribution in [1.29, 1.82) is 0 Å². The van der Waals surface area contributed by atoms with E-state index in [0.29, 0.717) is 37.8 Å². The first kappa shape index (κ1) is 64.3. The third-order valence-corrected chi connectivity index (χ3v) is 19.1. The van der Waals surface area contributed by atoms with E-state index in [9.17, 15) is 9.59 Å². The van der Waals surface area contributed by atoms with Gasteiger partial charge >= 0.3 is 11.9 Å². The molecule has 0 aliphatic carbocycles. The fraction of sp³-hybridized carbons (Fsp3) is 0.500. The van der Waals surface area contributed by atoms with Gasteiger partial charge in [-0.2, -0.15) is 0 Å². The Morgan fingerprint density at radius 1 is 0.398 bits per heavy atom. The molecule has 6 heterocycles. The Kier molecular flexibility index (Phi) is 25.9. The highest BCUT2D eigenvalue weighted by molar-refractivity contribution is 7.17. The highest BCUT2D eigenvalue weighted by Gasteiger charge is 2.21. The van der Waals surface area contributed by atoms with Crippen LogP contribution in [0, 0.1) is 0 Å². The summed E-state index contributed by atoms with van der Waals surface area (Å²) >= 11 is 3.63. The van der Waals surface area contributed by atoms with E-state index in [-0.39, 0.29) is 25.5 Å². The maximum absolute atomic E-state index is 12.4. The van der Waals surface area contributed by atoms with Gasteiger partial charge in [-0.3, -0.25) is 19.4 Å². The molecular formula is C72H92N6O8S2. The number of rotatable bonds is 39. The standard InChI is InChI=1S/C72H92N6O8S2/c79-71(85-55-83-69-35-31-57-29-33-59(53-63(57)73-69)81-49-19-17-39-75-41-45-77(46-42-75)65-23-21-25-67-61(65)37-51-87-67)27-15-13-11-9-7-5-3-1-2-4-6-8-10-12-14-16-28-72(80)86-56-84-70-36-32-58-30-34-60(54-64(58)74-70)82-50-20-18-40-76-43-47-78(48-44-76)66-24-22-26-68-62(66)38-52-88-68/h21-26,29-38,51-54H,1-20,27-28,39-50,55-56H2. The zero-order valence-electron chi connectivity index (χ0n) is 51.8. The number of thiophene rings is 2. The van der Waals surface area contributed by atoms with Crippen LogP contribution in [0.1, 0.15) is 141 Å². The van der Waals surface area contributed by atoms with Gasteiger partial charge in [-0.05, 0) is 135 Å². The number of benzene rings is 4. The Bertz CT molecular complexity index is 3150. The zero-order valence-corrected chi connectivity index (χ0v) is 53.4. The summed E-state index contributed by atoms with van der Waals surface area (Å²) in [7, 11) is 0. The predicted molar refractivity (Wildman–Crippen MR) is 360 cm³/mol. The van der Waals surface area contributed by atoms with Crippen LogP contribution in [0.15, 0.2) is 120 Å². The Morgan fingerprint density at radius 3 is 1.19 bits per heavy atom. The van der Waals surface area contributed by atoms with Gasteiger partial charge in [0.05, 0.1) is 24.2 Å². The van der Waals surface area contributed by atoms with Gasteiger partial charge < -0.3 is 38.2 Å². The fourth-order valence-corrected chi connectivity index (χ4v) is 13.8. The van der Waals surface area contributed by atoms with Gasteiger partial charge in [-0.1, -0.05) is 102 Å². The Morgan fingerprint density at radius 2 is 0.784 bits per heavy atom. The summed E-state index contributed by atoms with van der Waals surface area (Å²) in [5.41, 5.74) is 4.30. The van der Waals surface area contributed by atoms with Crippen molar-refractivity contribution in [3.05, 3.63) is 120 Å². The number of piperazine rings is 2. The topological polar surface area (TPSA) is 128 Å². The first-order valence-electron chi connectivity index (χ1n) is 33.0. The molecule has 4 aromatic heterocycles. The number of hydrogen-bond acceptors (Lipinski definition) is 16. The van der Waals surface area contributed by atoms with Crippen LogP contribution in [0.2, 0.25) is 0 Å². The molecule has 0 saturated carbocycles. The molecule has 0 radical (unpaired) electrons. The van der Waals surface area contributed by atoms with Gasteiger partial charge in [0.1, 0.15) is 11.5 Å². The molecular weight excluding hydrogens is 1140 g/mol. The number of aromatic nitrogens is 2. The molecule has 0 spiro atoms. The lowest BCUT2D eigenvalue weighted by Gasteiger charge is -2.36. The van der Waals surface area contributed by atoms with Crippen molar-refractivity contribution in [2.75, 3.05) is 102 Å². The van der Waals surface area contributed by atoms with E-state index >= 15 is 0 Å². The molecule has 88 heavy (non-hydrogen) atoms. The SMILES string of the molecule is O=C(CCCCCCCCCCCCCCCCCCC(=O)OCOc1ccc2ccc(OCCCCN3CCN(c4cccc5sccc45)CC3)cc2n1)OCOc1ccc2ccc(OCCCCN3CCN(c4cccc5sccc45)CC3)cc2n1. The van der Waals surface area contributed by atoms with Crippen molar-refractivity contribution in [2.45, 2.75) is 141 Å². The maximum Gasteiger partial charge on any atom is 0.308 e. The van der Waals surface area contributed by atoms with Gasteiger partial charge in [0, 0.05) is 132 Å². The maximum atomic E-state index is 12.4. The minimum atomic E-state index is -0.232. The lowest BCUT2D eigenvalue weighted by Crippen LogP contribution is -2.46. The summed E-state index contributed by atoms with van der Waals surface area (Å²) in [5, 5.41) is 9.12. The molecule has 2 fully saturated rings. The number of fused-ring (bicyclic) bond motifs is 4. The van der Waals surface area contributed by atoms with Crippen molar-refractivity contribution in [1.82, 2.24) is 19.8 Å². The van der Waals surface area contributed by atoms with Gasteiger partial charge in [0.15, 0.2) is 0 Å². The van der Waals surface area contributed by atoms with Gasteiger partial charge in [-0.15, -0.1) is 22.7 Å². The molecule has 0 amide bonds. The predicted octanol–water partition coefficient (Wildman–Crippen LogP) is 16.7. The number of ether oxygens (including phenoxy) is 6. The summed E-state index contributed by atoms with van der Waals surface area (Å²) in [6.45, 7) is 11.8. The van der Waals surface area contributed by atoms with Crippen LogP contribution >= 0.6 is 22.7 Å². The molecule has 0 atom stereocenters. The van der Waals surface area contributed by atoms with Crippen LogP contribution in [0.5, 0.6) is 23.3 Å². The second-order valence-electron chi connectivity index (χ2n) is 23.7. The third kappa shape index (κ3) is 20.4. The number of carbonyl (C=O) groups excluding carboxylic acids is 2. The molecule has 0 bridgehead atoms. The van der Waals surface area contributed by atoms with Gasteiger partial charge in [-0.25, -0.2) is 9.97 Å². The summed E-state index contributed by atoms with van der Waals surface area (Å²) in [5.74, 6) is 1.97. The van der Waals surface area contributed by atoms with E-state index in [1.54, 1.807) is 12.1 Å². The summed E-state index contributed by atoms with van der Waals surface area (Å²) < 4.78 is 37.2. The number of pyridine rings is 2. The molecule has 470 valence electrons. The normalized spacial score (nSPS) is 14.1. The summed E-state index contributed by atoms with van der Waals surface area (Å²) in [6.07, 6.45) is 23.8. The molecule has 2 saturated heterocycles. The molecule has 2 aliphatic heterocycles. The molecule has 14 nitrogen and oxygen atoms in total. The average molecular weight is 1230 g/mol. The first-order chi connectivity index (χ1) is 43.5. The average Bonchev–Trinajstić information content (AvgIpc) is 3.51. The van der Waals surface area contributed by atoms with E-state index < -0.39 is 0 Å². The number of anilines is 2. The first-order valence-corrected chi connectivity index (χ1v) is 34.7. The lowest BCUT2D eigenvalue weighted by molar-refractivity contribution is -0.151. The van der Waals surface area contributed by atoms with Crippen molar-refractivity contribution in [2.24, 2.45) is 0 Å². The van der Waals surface area contributed by atoms with Crippen LogP contribution in [-0.2, 0) is 19.1 Å². The van der Waals surface area contributed by atoms with E-state index in [4.69, 9.17) is 28.4 Å². The summed E-state index contributed by atoms with van der Waals surface area (Å²) in [4.78, 5) is 44.3. The molecule has 0 unspecified atom stereocenters. The largest absolute Gasteiger partial charge is 0.494 e. The Balaban J connectivity index is 0.465. The second-order valence-corrected chi connectivity index (χ2v) is 25.6. The third-order valence-electron chi connectivity index (χ3n) is 17.3. The van der Waals surface area contributed by atoms with Gasteiger partial charge in [0.25, 0.3) is 0 Å². The highest BCUT2D eigenvalue weighted by atomic mass is 32.1. The monoisotopic (exact) mass is 1230 g/mol. The molecule has 10 rings (SSSR count). The Labute approximate surface area is 529 Å². The van der Waals surface area contributed by atoms with E-state index in [1.165, 1.54) is 95.8 Å². The number of esters is 2. The second kappa shape index (κ2) is 35.5. The molecule has 4 aromatic carbocycles. The van der Waals surface area contributed by atoms with Gasteiger partial charge in [0.2, 0.25) is 25.3 Å². The van der Waals surface area contributed by atoms with Crippen LogP contribution in [0.3, 0.4) is 0 Å². The number of carbonyl (C=O) groups is 2. The van der Waals surface area contributed by atoms with Crippen molar-refractivity contribution < 1.29 is 38.0 Å².